The molecule has 1 rings (SSSR count). The monoisotopic (exact) mass is 184 g/mol. The number of carbonyl (C=O) groups is 1. The van der Waals surface area contributed by atoms with Crippen molar-refractivity contribution in [2.45, 2.75) is 39.2 Å². The van der Waals surface area contributed by atoms with Gasteiger partial charge in [-0.05, 0) is 25.8 Å². The normalized spacial score (nSPS) is 22.2. The molecule has 0 aromatic rings. The number of carbonyl (C=O) groups excluding carboxylic acids is 1. The van der Waals surface area contributed by atoms with Gasteiger partial charge >= 0.3 is 0 Å². The smallest absolute Gasteiger partial charge is 0.224 e. The molecule has 2 N–H and O–H groups in total. The first-order chi connectivity index (χ1) is 6.27. The third-order valence-corrected chi connectivity index (χ3v) is 2.76. The Bertz CT molecular complexity index is 160. The van der Waals surface area contributed by atoms with Gasteiger partial charge in [0.1, 0.15) is 0 Å². The van der Waals surface area contributed by atoms with Crippen molar-refractivity contribution in [1.82, 2.24) is 10.6 Å². The minimum Gasteiger partial charge on any atom is -0.353 e. The molecule has 1 aliphatic heterocycles. The van der Waals surface area contributed by atoms with Crippen LogP contribution < -0.4 is 10.6 Å². The molecule has 0 aromatic carbocycles. The summed E-state index contributed by atoms with van der Waals surface area (Å²) in [5, 5.41) is 6.28. The van der Waals surface area contributed by atoms with E-state index in [4.69, 9.17) is 0 Å². The zero-order chi connectivity index (χ0) is 9.68. The molecular formula is C10H20N2O. The van der Waals surface area contributed by atoms with Gasteiger partial charge in [-0.1, -0.05) is 13.8 Å². The van der Waals surface area contributed by atoms with Crippen molar-refractivity contribution in [3.05, 3.63) is 0 Å². The molecule has 0 aromatic heterocycles. The van der Waals surface area contributed by atoms with Crippen LogP contribution in [0.25, 0.3) is 0 Å². The lowest BCUT2D eigenvalue weighted by Crippen LogP contribution is -2.38. The van der Waals surface area contributed by atoms with Crippen LogP contribution >= 0.6 is 0 Å². The van der Waals surface area contributed by atoms with Gasteiger partial charge in [-0.15, -0.1) is 0 Å². The van der Waals surface area contributed by atoms with Crippen molar-refractivity contribution >= 4 is 5.91 Å². The highest BCUT2D eigenvalue weighted by Crippen LogP contribution is 2.08. The van der Waals surface area contributed by atoms with E-state index in [-0.39, 0.29) is 11.8 Å². The summed E-state index contributed by atoms with van der Waals surface area (Å²) in [6, 6.07) is 0.369. The van der Waals surface area contributed by atoms with Crippen molar-refractivity contribution in [1.29, 1.82) is 0 Å². The quantitative estimate of drug-likeness (QED) is 0.681. The van der Waals surface area contributed by atoms with Crippen molar-refractivity contribution in [3.8, 4) is 0 Å². The molecule has 76 valence electrons. The zero-order valence-electron chi connectivity index (χ0n) is 8.60. The minimum atomic E-state index is 0.209. The summed E-state index contributed by atoms with van der Waals surface area (Å²) in [6.07, 6.45) is 3.05. The molecule has 3 heteroatoms. The minimum absolute atomic E-state index is 0.209. The molecule has 1 atom stereocenters. The molecule has 0 bridgehead atoms. The van der Waals surface area contributed by atoms with E-state index in [1.165, 1.54) is 0 Å². The Balaban J connectivity index is 2.30. The molecule has 1 amide bonds. The SMILES string of the molecule is CCC(CC)NC(=O)[C@@H]1CCNC1. The van der Waals surface area contributed by atoms with Gasteiger partial charge in [0.2, 0.25) is 5.91 Å². The number of nitrogens with one attached hydrogen (secondary N) is 2. The average molecular weight is 184 g/mol. The van der Waals surface area contributed by atoms with Crippen molar-refractivity contribution in [2.24, 2.45) is 5.92 Å². The molecule has 1 saturated heterocycles. The summed E-state index contributed by atoms with van der Waals surface area (Å²) in [4.78, 5) is 11.6. The van der Waals surface area contributed by atoms with Gasteiger partial charge in [0.25, 0.3) is 0 Å². The molecule has 13 heavy (non-hydrogen) atoms. The zero-order valence-corrected chi connectivity index (χ0v) is 8.60. The fourth-order valence-corrected chi connectivity index (χ4v) is 1.69. The first-order valence-corrected chi connectivity index (χ1v) is 5.29. The van der Waals surface area contributed by atoms with Gasteiger partial charge in [-0.25, -0.2) is 0 Å². The van der Waals surface area contributed by atoms with E-state index in [9.17, 15) is 4.79 Å². The predicted octanol–water partition coefficient (Wildman–Crippen LogP) is 0.901. The van der Waals surface area contributed by atoms with Gasteiger partial charge in [-0.3, -0.25) is 4.79 Å². The van der Waals surface area contributed by atoms with E-state index in [2.05, 4.69) is 24.5 Å². The standard InChI is InChI=1S/C10H20N2O/c1-3-9(4-2)12-10(13)8-5-6-11-7-8/h8-9,11H,3-7H2,1-2H3,(H,12,13)/t8-/m1/s1. The van der Waals surface area contributed by atoms with Crippen LogP contribution in [0.15, 0.2) is 0 Å². The lowest BCUT2D eigenvalue weighted by atomic mass is 10.1. The first-order valence-electron chi connectivity index (χ1n) is 5.29. The summed E-state index contributed by atoms with van der Waals surface area (Å²) in [5.41, 5.74) is 0. The van der Waals surface area contributed by atoms with Gasteiger partial charge in [0, 0.05) is 12.6 Å². The number of amides is 1. The average Bonchev–Trinajstić information content (AvgIpc) is 2.66. The van der Waals surface area contributed by atoms with Crippen molar-refractivity contribution < 1.29 is 4.79 Å². The van der Waals surface area contributed by atoms with Crippen LogP contribution in [0.3, 0.4) is 0 Å². The number of rotatable bonds is 4. The highest BCUT2D eigenvalue weighted by Gasteiger charge is 2.23. The van der Waals surface area contributed by atoms with Crippen molar-refractivity contribution in [3.63, 3.8) is 0 Å². The Morgan fingerprint density at radius 1 is 1.54 bits per heavy atom. The Morgan fingerprint density at radius 3 is 2.69 bits per heavy atom. The van der Waals surface area contributed by atoms with Crippen LogP contribution in [0, 0.1) is 5.92 Å². The second kappa shape index (κ2) is 5.22. The molecule has 0 aliphatic carbocycles. The maximum atomic E-state index is 11.6. The first kappa shape index (κ1) is 10.5. The van der Waals surface area contributed by atoms with Crippen LogP contribution in [0.5, 0.6) is 0 Å². The molecule has 3 nitrogen and oxygen atoms in total. The second-order valence-electron chi connectivity index (χ2n) is 3.71. The predicted molar refractivity (Wildman–Crippen MR) is 53.5 cm³/mol. The summed E-state index contributed by atoms with van der Waals surface area (Å²) in [5.74, 6) is 0.444. The Hall–Kier alpha value is -0.570. The Kier molecular flexibility index (Phi) is 4.22. The summed E-state index contributed by atoms with van der Waals surface area (Å²) >= 11 is 0. The lowest BCUT2D eigenvalue weighted by Gasteiger charge is -2.17. The molecule has 1 aliphatic rings. The lowest BCUT2D eigenvalue weighted by molar-refractivity contribution is -0.125. The second-order valence-corrected chi connectivity index (χ2v) is 3.71. The van der Waals surface area contributed by atoms with E-state index in [0.717, 1.165) is 32.4 Å². The van der Waals surface area contributed by atoms with E-state index < -0.39 is 0 Å². The number of hydrogen-bond donors (Lipinski definition) is 2. The van der Waals surface area contributed by atoms with E-state index in [0.29, 0.717) is 6.04 Å². The van der Waals surface area contributed by atoms with Gasteiger partial charge in [0.05, 0.1) is 5.92 Å². The summed E-state index contributed by atoms with van der Waals surface area (Å²) in [7, 11) is 0. The van der Waals surface area contributed by atoms with Crippen LogP contribution in [0.2, 0.25) is 0 Å². The van der Waals surface area contributed by atoms with Crippen LogP contribution in [-0.2, 0) is 4.79 Å². The molecule has 0 saturated carbocycles. The topological polar surface area (TPSA) is 41.1 Å². The third-order valence-electron chi connectivity index (χ3n) is 2.76. The van der Waals surface area contributed by atoms with Crippen LogP contribution in [0.1, 0.15) is 33.1 Å². The summed E-state index contributed by atoms with van der Waals surface area (Å²) in [6.45, 7) is 6.07. The Morgan fingerprint density at radius 2 is 2.23 bits per heavy atom. The molecule has 0 spiro atoms. The largest absolute Gasteiger partial charge is 0.353 e. The highest BCUT2D eigenvalue weighted by atomic mass is 16.2. The fraction of sp³-hybridized carbons (Fsp3) is 0.900. The van der Waals surface area contributed by atoms with Crippen molar-refractivity contribution in [2.75, 3.05) is 13.1 Å². The van der Waals surface area contributed by atoms with Gasteiger partial charge in [-0.2, -0.15) is 0 Å². The molecule has 1 heterocycles. The highest BCUT2D eigenvalue weighted by molar-refractivity contribution is 5.79. The fourth-order valence-electron chi connectivity index (χ4n) is 1.69. The van der Waals surface area contributed by atoms with Gasteiger partial charge < -0.3 is 10.6 Å². The molecule has 0 unspecified atom stereocenters. The third kappa shape index (κ3) is 2.99. The van der Waals surface area contributed by atoms with E-state index in [1.54, 1.807) is 0 Å². The maximum Gasteiger partial charge on any atom is 0.224 e. The van der Waals surface area contributed by atoms with Crippen LogP contribution in [0.4, 0.5) is 0 Å². The summed E-state index contributed by atoms with van der Waals surface area (Å²) < 4.78 is 0. The molecular weight excluding hydrogens is 164 g/mol. The Labute approximate surface area is 80.3 Å². The maximum absolute atomic E-state index is 11.6. The number of hydrogen-bond acceptors (Lipinski definition) is 2. The van der Waals surface area contributed by atoms with Gasteiger partial charge in [0.15, 0.2) is 0 Å². The molecule has 1 fully saturated rings. The van der Waals surface area contributed by atoms with E-state index in [1.807, 2.05) is 0 Å². The van der Waals surface area contributed by atoms with E-state index >= 15 is 0 Å². The van der Waals surface area contributed by atoms with Crippen LogP contribution in [-0.4, -0.2) is 25.0 Å². The molecule has 0 radical (unpaired) electrons.